The Morgan fingerprint density at radius 1 is 1.12 bits per heavy atom. The topological polar surface area (TPSA) is 52.6 Å². The van der Waals surface area contributed by atoms with Gasteiger partial charge in [-0.1, -0.05) is 24.3 Å². The van der Waals surface area contributed by atoms with E-state index in [1.54, 1.807) is 12.1 Å². The van der Waals surface area contributed by atoms with Gasteiger partial charge in [0.15, 0.2) is 0 Å². The third-order valence-electron chi connectivity index (χ3n) is 4.59. The number of benzene rings is 2. The molecule has 1 heterocycles. The lowest BCUT2D eigenvalue weighted by molar-refractivity contribution is -0.120. The third-order valence-corrected chi connectivity index (χ3v) is 4.59. The maximum atomic E-state index is 13.0. The van der Waals surface area contributed by atoms with Crippen LogP contribution < -0.4 is 5.32 Å². The van der Waals surface area contributed by atoms with E-state index in [0.717, 1.165) is 36.2 Å². The van der Waals surface area contributed by atoms with Crippen LogP contribution in [0.5, 0.6) is 0 Å². The number of nitrogens with one attached hydrogen (secondary N) is 1. The maximum absolute atomic E-state index is 13.0. The number of carbonyl (C=O) groups is 1. The minimum atomic E-state index is -0.246. The summed E-state index contributed by atoms with van der Waals surface area (Å²) in [4.78, 5) is 14.8. The molecule has 0 spiro atoms. The Balaban J connectivity index is 1.61. The van der Waals surface area contributed by atoms with Crippen LogP contribution in [0.2, 0.25) is 0 Å². The summed E-state index contributed by atoms with van der Waals surface area (Å²) in [5.41, 5.74) is 2.81. The number of aliphatic hydroxyl groups is 1. The third kappa shape index (κ3) is 4.65. The van der Waals surface area contributed by atoms with Crippen LogP contribution in [0.15, 0.2) is 48.5 Å². The molecule has 1 unspecified atom stereocenters. The van der Waals surface area contributed by atoms with E-state index in [-0.39, 0.29) is 24.4 Å². The minimum absolute atomic E-state index is 0.00507. The Kier molecular flexibility index (Phi) is 5.79. The van der Waals surface area contributed by atoms with Gasteiger partial charge in [-0.05, 0) is 61.2 Å². The molecule has 4 nitrogen and oxygen atoms in total. The Labute approximate surface area is 147 Å². The number of nitrogens with zero attached hydrogens (tertiary/aromatic N) is 1. The first-order valence-electron chi connectivity index (χ1n) is 8.65. The van der Waals surface area contributed by atoms with E-state index in [4.69, 9.17) is 5.11 Å². The number of carbonyl (C=O) groups excluding carboxylic acids is 1. The number of rotatable bonds is 6. The maximum Gasteiger partial charge on any atom is 0.241 e. The Hall–Kier alpha value is -2.24. The van der Waals surface area contributed by atoms with Crippen LogP contribution in [0.4, 0.5) is 10.1 Å². The largest absolute Gasteiger partial charge is 0.396 e. The van der Waals surface area contributed by atoms with Crippen LogP contribution >= 0.6 is 0 Å². The highest BCUT2D eigenvalue weighted by molar-refractivity contribution is 5.95. The van der Waals surface area contributed by atoms with Crippen molar-refractivity contribution in [3.8, 4) is 0 Å². The number of aliphatic hydroxyl groups excluding tert-OH is 1. The zero-order valence-electron chi connectivity index (χ0n) is 14.1. The highest BCUT2D eigenvalue weighted by Gasteiger charge is 2.30. The van der Waals surface area contributed by atoms with Crippen molar-refractivity contribution in [2.24, 2.45) is 0 Å². The molecule has 1 aliphatic rings. The summed E-state index contributed by atoms with van der Waals surface area (Å²) in [5, 5.41) is 11.9. The summed E-state index contributed by atoms with van der Waals surface area (Å²) >= 11 is 0. The molecule has 5 heteroatoms. The van der Waals surface area contributed by atoms with Gasteiger partial charge < -0.3 is 10.4 Å². The van der Waals surface area contributed by atoms with Crippen molar-refractivity contribution < 1.29 is 14.3 Å². The zero-order chi connectivity index (χ0) is 17.6. The molecular formula is C20H23FN2O2. The summed E-state index contributed by atoms with van der Waals surface area (Å²) in [6.07, 6.45) is 2.42. The summed E-state index contributed by atoms with van der Waals surface area (Å²) in [6, 6.07) is 13.8. The average molecular weight is 342 g/mol. The van der Waals surface area contributed by atoms with Crippen LogP contribution in [0.1, 0.15) is 24.0 Å². The summed E-state index contributed by atoms with van der Waals surface area (Å²) in [5.74, 6) is -0.251. The number of amides is 1. The SMILES string of the molecule is O=C(Nc1ccc(CCO)cc1)C1CCCN1Cc1ccc(F)cc1. The van der Waals surface area contributed by atoms with Gasteiger partial charge in [0.05, 0.1) is 6.04 Å². The van der Waals surface area contributed by atoms with Crippen molar-refractivity contribution in [3.63, 3.8) is 0 Å². The second kappa shape index (κ2) is 8.23. The lowest BCUT2D eigenvalue weighted by Gasteiger charge is -2.23. The lowest BCUT2D eigenvalue weighted by Crippen LogP contribution is -2.39. The molecule has 3 rings (SSSR count). The molecule has 2 aromatic rings. The molecule has 0 bridgehead atoms. The molecular weight excluding hydrogens is 319 g/mol. The average Bonchev–Trinajstić information content (AvgIpc) is 3.07. The van der Waals surface area contributed by atoms with Gasteiger partial charge in [0.1, 0.15) is 5.82 Å². The van der Waals surface area contributed by atoms with Gasteiger partial charge in [-0.2, -0.15) is 0 Å². The van der Waals surface area contributed by atoms with Gasteiger partial charge in [0, 0.05) is 18.8 Å². The molecule has 1 saturated heterocycles. The normalized spacial score (nSPS) is 17.6. The van der Waals surface area contributed by atoms with E-state index in [2.05, 4.69) is 10.2 Å². The van der Waals surface area contributed by atoms with Crippen LogP contribution in [0, 0.1) is 5.82 Å². The molecule has 1 atom stereocenters. The molecule has 2 aromatic carbocycles. The monoisotopic (exact) mass is 342 g/mol. The fourth-order valence-corrected chi connectivity index (χ4v) is 3.25. The zero-order valence-corrected chi connectivity index (χ0v) is 14.1. The number of anilines is 1. The van der Waals surface area contributed by atoms with Crippen molar-refractivity contribution >= 4 is 11.6 Å². The van der Waals surface area contributed by atoms with Crippen LogP contribution in [-0.2, 0) is 17.8 Å². The first-order valence-corrected chi connectivity index (χ1v) is 8.65. The van der Waals surface area contributed by atoms with Gasteiger partial charge in [-0.3, -0.25) is 9.69 Å². The van der Waals surface area contributed by atoms with E-state index in [0.29, 0.717) is 13.0 Å². The van der Waals surface area contributed by atoms with E-state index in [1.807, 2.05) is 24.3 Å². The predicted molar refractivity (Wildman–Crippen MR) is 95.7 cm³/mol. The van der Waals surface area contributed by atoms with E-state index in [9.17, 15) is 9.18 Å². The Bertz CT molecular complexity index is 701. The van der Waals surface area contributed by atoms with Crippen LogP contribution in [-0.4, -0.2) is 35.1 Å². The van der Waals surface area contributed by atoms with Crippen molar-refractivity contribution in [1.29, 1.82) is 0 Å². The second-order valence-corrected chi connectivity index (χ2v) is 6.41. The van der Waals surface area contributed by atoms with Crippen molar-refractivity contribution in [1.82, 2.24) is 4.90 Å². The summed E-state index contributed by atoms with van der Waals surface area (Å²) < 4.78 is 13.0. The molecule has 0 radical (unpaired) electrons. The van der Waals surface area contributed by atoms with Gasteiger partial charge >= 0.3 is 0 Å². The van der Waals surface area contributed by atoms with Crippen LogP contribution in [0.25, 0.3) is 0 Å². The quantitative estimate of drug-likeness (QED) is 0.849. The van der Waals surface area contributed by atoms with E-state index in [1.165, 1.54) is 12.1 Å². The highest BCUT2D eigenvalue weighted by atomic mass is 19.1. The number of likely N-dealkylation sites (tertiary alicyclic amines) is 1. The first kappa shape index (κ1) is 17.6. The van der Waals surface area contributed by atoms with Gasteiger partial charge in [0.2, 0.25) is 5.91 Å². The molecule has 2 N–H and O–H groups in total. The molecule has 25 heavy (non-hydrogen) atoms. The molecule has 0 aliphatic carbocycles. The van der Waals surface area contributed by atoms with E-state index < -0.39 is 0 Å². The standard InChI is InChI=1S/C20H23FN2O2/c21-17-7-3-16(4-8-17)14-23-12-1-2-19(23)20(25)22-18-9-5-15(6-10-18)11-13-24/h3-10,19,24H,1-2,11-14H2,(H,22,25). The fraction of sp³-hybridized carbons (Fsp3) is 0.350. The van der Waals surface area contributed by atoms with Gasteiger partial charge in [0.25, 0.3) is 0 Å². The fourth-order valence-electron chi connectivity index (χ4n) is 3.25. The first-order chi connectivity index (χ1) is 12.2. The number of hydrogen-bond donors (Lipinski definition) is 2. The molecule has 1 aliphatic heterocycles. The van der Waals surface area contributed by atoms with Gasteiger partial charge in [-0.25, -0.2) is 4.39 Å². The Morgan fingerprint density at radius 3 is 2.48 bits per heavy atom. The smallest absolute Gasteiger partial charge is 0.241 e. The molecule has 0 aromatic heterocycles. The Morgan fingerprint density at radius 2 is 1.80 bits per heavy atom. The van der Waals surface area contributed by atoms with E-state index >= 15 is 0 Å². The second-order valence-electron chi connectivity index (χ2n) is 6.41. The minimum Gasteiger partial charge on any atom is -0.396 e. The van der Waals surface area contributed by atoms with Crippen LogP contribution in [0.3, 0.4) is 0 Å². The number of halogens is 1. The predicted octanol–water partition coefficient (Wildman–Crippen LogP) is 2.96. The number of hydrogen-bond acceptors (Lipinski definition) is 3. The van der Waals surface area contributed by atoms with Crippen molar-refractivity contribution in [2.75, 3.05) is 18.5 Å². The summed E-state index contributed by atoms with van der Waals surface area (Å²) in [7, 11) is 0. The molecule has 132 valence electrons. The van der Waals surface area contributed by atoms with Gasteiger partial charge in [-0.15, -0.1) is 0 Å². The van der Waals surface area contributed by atoms with Crippen molar-refractivity contribution in [2.45, 2.75) is 31.8 Å². The molecule has 1 fully saturated rings. The summed E-state index contributed by atoms with van der Waals surface area (Å²) in [6.45, 7) is 1.63. The highest BCUT2D eigenvalue weighted by Crippen LogP contribution is 2.22. The lowest BCUT2D eigenvalue weighted by atomic mass is 10.1. The molecule has 0 saturated carbocycles. The van der Waals surface area contributed by atoms with Crippen molar-refractivity contribution in [3.05, 3.63) is 65.5 Å². The molecule has 1 amide bonds.